The van der Waals surface area contributed by atoms with Gasteiger partial charge < -0.3 is 15.1 Å². The minimum atomic E-state index is 0.0131. The predicted molar refractivity (Wildman–Crippen MR) is 125 cm³/mol. The van der Waals surface area contributed by atoms with Crippen LogP contribution >= 0.6 is 0 Å². The first-order chi connectivity index (χ1) is 16.3. The molecular formula is C24H39N7O3. The number of nitrogens with zero attached hydrogens (tertiary/aromatic N) is 6. The van der Waals surface area contributed by atoms with Crippen LogP contribution in [0.25, 0.3) is 0 Å². The molecule has 3 aliphatic rings. The van der Waals surface area contributed by atoms with Crippen LogP contribution in [0.3, 0.4) is 0 Å². The molecule has 3 saturated heterocycles. The van der Waals surface area contributed by atoms with Crippen molar-refractivity contribution in [3.05, 3.63) is 6.33 Å². The summed E-state index contributed by atoms with van der Waals surface area (Å²) in [6, 6.07) is 0.237. The molecule has 0 unspecified atom stereocenters. The normalized spacial score (nSPS) is 31.2. The molecule has 1 N–H and O–H groups in total. The van der Waals surface area contributed by atoms with E-state index in [9.17, 15) is 14.4 Å². The van der Waals surface area contributed by atoms with Gasteiger partial charge in [-0.15, -0.1) is 5.10 Å². The number of hydrogen-bond acceptors (Lipinski definition) is 6. The highest BCUT2D eigenvalue weighted by Crippen LogP contribution is 2.36. The number of likely N-dealkylation sites (tertiary alicyclic amines) is 1. The summed E-state index contributed by atoms with van der Waals surface area (Å²) in [6.45, 7) is 8.58. The smallest absolute Gasteiger partial charge is 0.244 e. The van der Waals surface area contributed by atoms with Gasteiger partial charge in [0.15, 0.2) is 0 Å². The number of fused-ring (bicyclic) bond motifs is 4. The number of piperidine rings is 2. The van der Waals surface area contributed by atoms with E-state index in [4.69, 9.17) is 0 Å². The summed E-state index contributed by atoms with van der Waals surface area (Å²) in [5.41, 5.74) is 0. The standard InChI is InChI=1S/C24H39N7O3/c1-16(2)20-8-7-17(3)9-23(33)31-12-18-10-19(21(31)5-4-6-22(32)26-20)13-29(11-18)24(34)14-30-15-25-27-28-30/h15-21H,4-14H2,1-3H3,(H,26,32)/t17-,18+,19+,20+,21+/m1/s1. The number of aromatic nitrogens is 4. The van der Waals surface area contributed by atoms with Crippen LogP contribution in [-0.2, 0) is 20.9 Å². The second-order valence-corrected chi connectivity index (χ2v) is 11.0. The van der Waals surface area contributed by atoms with Crippen molar-refractivity contribution in [1.29, 1.82) is 0 Å². The Morgan fingerprint density at radius 3 is 2.74 bits per heavy atom. The molecule has 1 aromatic heterocycles. The van der Waals surface area contributed by atoms with Gasteiger partial charge in [0.25, 0.3) is 0 Å². The first-order valence-corrected chi connectivity index (χ1v) is 12.9. The minimum Gasteiger partial charge on any atom is -0.353 e. The van der Waals surface area contributed by atoms with Crippen molar-refractivity contribution in [3.8, 4) is 0 Å². The maximum atomic E-state index is 13.4. The Kier molecular flexibility index (Phi) is 7.83. The molecule has 0 saturated carbocycles. The van der Waals surface area contributed by atoms with Crippen molar-refractivity contribution in [3.63, 3.8) is 0 Å². The first-order valence-electron chi connectivity index (χ1n) is 12.9. The quantitative estimate of drug-likeness (QED) is 0.711. The highest BCUT2D eigenvalue weighted by atomic mass is 16.2. The van der Waals surface area contributed by atoms with Crippen LogP contribution in [0, 0.1) is 23.7 Å². The third-order valence-electron chi connectivity index (χ3n) is 7.88. The molecule has 4 rings (SSSR count). The van der Waals surface area contributed by atoms with Crippen LogP contribution in [0.5, 0.6) is 0 Å². The van der Waals surface area contributed by atoms with E-state index in [2.05, 4.69) is 46.5 Å². The fourth-order valence-electron chi connectivity index (χ4n) is 6.00. The van der Waals surface area contributed by atoms with Crippen LogP contribution in [0.4, 0.5) is 0 Å². The predicted octanol–water partition coefficient (Wildman–Crippen LogP) is 1.48. The topological polar surface area (TPSA) is 113 Å². The van der Waals surface area contributed by atoms with Gasteiger partial charge in [0.05, 0.1) is 0 Å². The summed E-state index contributed by atoms with van der Waals surface area (Å²) in [7, 11) is 0. The molecule has 1 aromatic rings. The van der Waals surface area contributed by atoms with Crippen molar-refractivity contribution < 1.29 is 14.4 Å². The molecule has 0 spiro atoms. The van der Waals surface area contributed by atoms with Crippen LogP contribution in [-0.4, -0.2) is 79.4 Å². The van der Waals surface area contributed by atoms with E-state index in [1.807, 2.05) is 4.90 Å². The molecule has 0 aliphatic carbocycles. The highest BCUT2D eigenvalue weighted by Gasteiger charge is 2.43. The van der Waals surface area contributed by atoms with Crippen molar-refractivity contribution >= 4 is 17.7 Å². The summed E-state index contributed by atoms with van der Waals surface area (Å²) in [5, 5.41) is 14.3. The second-order valence-electron chi connectivity index (χ2n) is 11.0. The molecule has 3 amide bonds. The molecule has 10 heteroatoms. The van der Waals surface area contributed by atoms with Gasteiger partial charge in [0.1, 0.15) is 12.9 Å². The van der Waals surface area contributed by atoms with Gasteiger partial charge in [0, 0.05) is 44.6 Å². The third-order valence-corrected chi connectivity index (χ3v) is 7.88. The van der Waals surface area contributed by atoms with Gasteiger partial charge in [-0.3, -0.25) is 14.4 Å². The largest absolute Gasteiger partial charge is 0.353 e. The van der Waals surface area contributed by atoms with E-state index in [1.54, 1.807) is 0 Å². The van der Waals surface area contributed by atoms with Gasteiger partial charge in [-0.1, -0.05) is 20.8 Å². The number of carbonyl (C=O) groups excluding carboxylic acids is 3. The lowest BCUT2D eigenvalue weighted by atomic mass is 9.77. The summed E-state index contributed by atoms with van der Waals surface area (Å²) in [4.78, 5) is 43.0. The van der Waals surface area contributed by atoms with Crippen LogP contribution in [0.15, 0.2) is 6.33 Å². The molecule has 5 atom stereocenters. The molecule has 4 heterocycles. The molecule has 3 fully saturated rings. The van der Waals surface area contributed by atoms with Crippen LogP contribution < -0.4 is 5.32 Å². The lowest BCUT2D eigenvalue weighted by Crippen LogP contribution is -2.60. The summed E-state index contributed by atoms with van der Waals surface area (Å²) in [5.74, 6) is 1.54. The second kappa shape index (κ2) is 10.8. The van der Waals surface area contributed by atoms with Crippen LogP contribution in [0.1, 0.15) is 65.7 Å². The Labute approximate surface area is 201 Å². The first kappa shape index (κ1) is 24.6. The Morgan fingerprint density at radius 1 is 1.18 bits per heavy atom. The Bertz CT molecular complexity index is 859. The monoisotopic (exact) mass is 473 g/mol. The summed E-state index contributed by atoms with van der Waals surface area (Å²) in [6.07, 6.45) is 6.90. The zero-order chi connectivity index (χ0) is 24.2. The number of carbonyl (C=O) groups is 3. The number of hydrogen-bond donors (Lipinski definition) is 1. The molecule has 34 heavy (non-hydrogen) atoms. The zero-order valence-electron chi connectivity index (χ0n) is 20.7. The minimum absolute atomic E-state index is 0.0131. The maximum Gasteiger partial charge on any atom is 0.244 e. The van der Waals surface area contributed by atoms with E-state index in [0.29, 0.717) is 38.4 Å². The highest BCUT2D eigenvalue weighted by molar-refractivity contribution is 5.78. The number of rotatable bonds is 3. The van der Waals surface area contributed by atoms with Crippen molar-refractivity contribution in [2.45, 2.75) is 84.3 Å². The summed E-state index contributed by atoms with van der Waals surface area (Å²) < 4.78 is 1.45. The van der Waals surface area contributed by atoms with E-state index in [1.165, 1.54) is 11.0 Å². The SMILES string of the molecule is CC(C)[C@@H]1CC[C@@H](C)CC(=O)N2C[C@H]3C[C@@H](CN(C(=O)Cn4cnnn4)C3)[C@@H]2CCCC(=O)N1. The molecule has 188 valence electrons. The molecule has 0 radical (unpaired) electrons. The fraction of sp³-hybridized carbons (Fsp3) is 0.833. The van der Waals surface area contributed by atoms with Gasteiger partial charge in [0.2, 0.25) is 17.7 Å². The third kappa shape index (κ3) is 5.93. The van der Waals surface area contributed by atoms with Gasteiger partial charge in [-0.25, -0.2) is 4.68 Å². The molecular weight excluding hydrogens is 434 g/mol. The molecule has 10 nitrogen and oxygen atoms in total. The zero-order valence-corrected chi connectivity index (χ0v) is 20.7. The van der Waals surface area contributed by atoms with Crippen molar-refractivity contribution in [2.75, 3.05) is 19.6 Å². The maximum absolute atomic E-state index is 13.4. The van der Waals surface area contributed by atoms with Crippen LogP contribution in [0.2, 0.25) is 0 Å². The molecule has 0 aromatic carbocycles. The van der Waals surface area contributed by atoms with Crippen molar-refractivity contribution in [2.24, 2.45) is 23.7 Å². The van der Waals surface area contributed by atoms with Gasteiger partial charge in [-0.05, 0) is 66.2 Å². The summed E-state index contributed by atoms with van der Waals surface area (Å²) >= 11 is 0. The number of amides is 3. The Hall–Kier alpha value is -2.52. The van der Waals surface area contributed by atoms with Crippen molar-refractivity contribution in [1.82, 2.24) is 35.3 Å². The van der Waals surface area contributed by atoms with E-state index < -0.39 is 0 Å². The number of nitrogens with one attached hydrogen (secondary N) is 1. The van der Waals surface area contributed by atoms with E-state index >= 15 is 0 Å². The average molecular weight is 474 g/mol. The molecule has 3 aliphatic heterocycles. The van der Waals surface area contributed by atoms with Gasteiger partial charge >= 0.3 is 0 Å². The number of tetrazole rings is 1. The average Bonchev–Trinajstić information content (AvgIpc) is 3.30. The lowest BCUT2D eigenvalue weighted by Gasteiger charge is -2.51. The fourth-order valence-corrected chi connectivity index (χ4v) is 6.00. The van der Waals surface area contributed by atoms with Gasteiger partial charge in [-0.2, -0.15) is 0 Å². The van der Waals surface area contributed by atoms with E-state index in [0.717, 1.165) is 32.1 Å². The Morgan fingerprint density at radius 2 is 2.00 bits per heavy atom. The molecule has 2 bridgehead atoms. The lowest BCUT2D eigenvalue weighted by molar-refractivity contribution is -0.146. The Balaban J connectivity index is 1.47. The van der Waals surface area contributed by atoms with E-state index in [-0.39, 0.29) is 54.1 Å².